The van der Waals surface area contributed by atoms with Crippen LogP contribution in [0.2, 0.25) is 0 Å². The minimum Gasteiger partial charge on any atom is -0.507 e. The molecule has 4 heterocycles. The van der Waals surface area contributed by atoms with E-state index in [0.717, 1.165) is 4.90 Å². The van der Waals surface area contributed by atoms with Crippen LogP contribution in [0.25, 0.3) is 0 Å². The van der Waals surface area contributed by atoms with E-state index in [2.05, 4.69) is 26.2 Å². The fraction of sp³-hybridized carbons (Fsp3) is 0.580. The van der Waals surface area contributed by atoms with Gasteiger partial charge in [0.25, 0.3) is 0 Å². The Labute approximate surface area is 588 Å². The third kappa shape index (κ3) is 17.7. The summed E-state index contributed by atoms with van der Waals surface area (Å²) in [6, 6.07) is 7.39. The second-order valence-corrected chi connectivity index (χ2v) is 28.4. The molecule has 2 aliphatic carbocycles. The Kier molecular flexibility index (Phi) is 25.5. The van der Waals surface area contributed by atoms with Crippen molar-refractivity contribution >= 4 is 82.6 Å². The van der Waals surface area contributed by atoms with Crippen molar-refractivity contribution < 1.29 is 106 Å². The zero-order chi connectivity index (χ0) is 73.3. The molecule has 9 amide bonds. The smallest absolute Gasteiger partial charge is 0.409 e. The van der Waals surface area contributed by atoms with Crippen LogP contribution in [0.4, 0.5) is 20.1 Å². The van der Waals surface area contributed by atoms with Gasteiger partial charge in [-0.3, -0.25) is 48.2 Å². The number of hydrogen-bond acceptors (Lipinski definition) is 24. The molecule has 550 valence electrons. The maximum absolute atomic E-state index is 14.4. The van der Waals surface area contributed by atoms with Crippen molar-refractivity contribution in [2.45, 2.75) is 177 Å². The number of aliphatic hydroxyl groups is 1. The monoisotopic (exact) mass is 1430 g/mol. The first-order valence-electron chi connectivity index (χ1n) is 33.8. The lowest BCUT2D eigenvalue weighted by Gasteiger charge is -2.43. The van der Waals surface area contributed by atoms with Crippen molar-refractivity contribution in [1.82, 2.24) is 35.6 Å². The van der Waals surface area contributed by atoms with Crippen LogP contribution in [-0.4, -0.2) is 240 Å². The Morgan fingerprint density at radius 1 is 0.842 bits per heavy atom. The average Bonchev–Trinajstić information content (AvgIpc) is 1.41. The minimum atomic E-state index is -2.49. The van der Waals surface area contributed by atoms with Gasteiger partial charge in [0.2, 0.25) is 41.1 Å². The van der Waals surface area contributed by atoms with Crippen molar-refractivity contribution in [2.75, 3.05) is 79.6 Å². The van der Waals surface area contributed by atoms with Gasteiger partial charge in [-0.15, -0.1) is 11.8 Å². The topological polar surface area (TPSA) is 409 Å². The van der Waals surface area contributed by atoms with E-state index in [0.29, 0.717) is 43.7 Å². The van der Waals surface area contributed by atoms with Gasteiger partial charge >= 0.3 is 18.2 Å². The standard InChI is InChI=1S/C69H91N9O22S/c1-35(2)55(74-48(80)18-11-10-12-24-78-49(81)30-46(63(78)88)101-36(3)4)62(87)73-42(16-14-23-71-66(70)89)61(86)72-39-21-19-38(20-22-39)33-96-67(90)75(6)25-26-76(7)68(91)97-34-47(79)69(92)31-41-52(59(85)54-53(57(41)83)56(82)40-15-13-17-44(93-8)51(40)58(54)84)45(32-69)99-50-29-43-60(37(5)98-50)100-64-65(94-9)95-28-27-77(43)64/h13,15,17,19-22,35-37,42-43,45-46,50,55,60,64-65,83,85,92H,10-12,14,16,18,23-34H2,1-9H3,(H,72,86)(H,73,87)(H,74,80)(H3,70,71,89)/t37-,42-,43-,45-,46?,50-,55-,60+,64+,65-,69-/m0/s1. The number of carbonyl (C=O) groups is 11. The Bertz CT molecular complexity index is 3630. The van der Waals surface area contributed by atoms with E-state index in [1.54, 1.807) is 45.0 Å². The van der Waals surface area contributed by atoms with Crippen LogP contribution in [0.5, 0.6) is 17.2 Å². The van der Waals surface area contributed by atoms with E-state index in [1.165, 1.54) is 68.1 Å². The number of Topliss-reactive ketones (excluding diaryl/α,β-unsaturated/α-hetero) is 1. The Balaban J connectivity index is 0.763. The number of nitrogens with zero attached hydrogens (tertiary/aromatic N) is 4. The number of likely N-dealkylation sites (N-methyl/N-ethyl adjacent to an activating group) is 2. The second kappa shape index (κ2) is 33.5. The summed E-state index contributed by atoms with van der Waals surface area (Å²) in [5, 5.41) is 47.3. The fourth-order valence-electron chi connectivity index (χ4n) is 13.4. The van der Waals surface area contributed by atoms with Crippen molar-refractivity contribution in [2.24, 2.45) is 11.7 Å². The molecule has 6 aliphatic rings. The number of urea groups is 1. The van der Waals surface area contributed by atoms with Gasteiger partial charge in [-0.2, -0.15) is 0 Å². The largest absolute Gasteiger partial charge is 0.507 e. The van der Waals surface area contributed by atoms with Gasteiger partial charge in [0.15, 0.2) is 31.2 Å². The molecule has 9 N–H and O–H groups in total. The summed E-state index contributed by atoms with van der Waals surface area (Å²) >= 11 is 1.47. The van der Waals surface area contributed by atoms with Crippen LogP contribution < -0.4 is 31.7 Å². The molecular weight excluding hydrogens is 1340 g/mol. The number of primary amides is 1. The highest BCUT2D eigenvalue weighted by Crippen LogP contribution is 2.53. The Morgan fingerprint density at radius 3 is 2.22 bits per heavy atom. The molecule has 3 aromatic carbocycles. The first-order valence-corrected chi connectivity index (χ1v) is 34.8. The summed E-state index contributed by atoms with van der Waals surface area (Å²) in [7, 11) is 5.58. The minimum absolute atomic E-state index is 0.0445. The van der Waals surface area contributed by atoms with E-state index in [-0.39, 0.29) is 127 Å². The molecule has 9 rings (SSSR count). The SMILES string of the molecule is COc1cccc2c1C(=O)c1c(O)c3c(c(O)c1C2=O)C[C@@](O)(C(=O)COC(=O)N(C)CCN(C)C(=O)OCc1ccc(NC(=O)[C@H](CCCNC(N)=O)NC(=O)[C@@H](NC(=O)CCCCCN2C(=O)CC(SC(C)C)C2=O)C(C)C)cc1)C[C@@H]3O[C@H]1C[C@H]2[C@H](O[C@@H]3[C@@H](OC)OCCN32)[C@H](C)O1. The molecule has 32 heteroatoms. The first kappa shape index (κ1) is 76.7. The van der Waals surface area contributed by atoms with E-state index in [4.69, 9.17) is 43.6 Å². The number of aromatic hydroxyl groups is 2. The maximum atomic E-state index is 14.4. The van der Waals surface area contributed by atoms with Crippen LogP contribution >= 0.6 is 11.8 Å². The molecule has 101 heavy (non-hydrogen) atoms. The molecule has 4 aliphatic heterocycles. The second-order valence-electron chi connectivity index (χ2n) is 26.6. The van der Waals surface area contributed by atoms with Gasteiger partial charge in [-0.25, -0.2) is 14.4 Å². The number of unbranched alkanes of at least 4 members (excludes halogenated alkanes) is 2. The number of anilines is 1. The summed E-state index contributed by atoms with van der Waals surface area (Å²) < 4.78 is 47.0. The third-order valence-corrected chi connectivity index (χ3v) is 20.0. The quantitative estimate of drug-likeness (QED) is 0.0208. The molecule has 11 atom stereocenters. The van der Waals surface area contributed by atoms with Crippen LogP contribution in [0.1, 0.15) is 147 Å². The number of phenolic OH excluding ortho intramolecular Hbond substituents is 2. The predicted octanol–water partition coefficient (Wildman–Crippen LogP) is 3.90. The predicted molar refractivity (Wildman–Crippen MR) is 360 cm³/mol. The van der Waals surface area contributed by atoms with Crippen LogP contribution in [-0.2, 0) is 75.0 Å². The fourth-order valence-corrected chi connectivity index (χ4v) is 14.6. The van der Waals surface area contributed by atoms with E-state index in [9.17, 15) is 68.1 Å². The maximum Gasteiger partial charge on any atom is 0.409 e. The average molecular weight is 1430 g/mol. The molecule has 0 saturated carbocycles. The van der Waals surface area contributed by atoms with Crippen molar-refractivity contribution in [1.29, 1.82) is 0 Å². The molecule has 0 aromatic heterocycles. The number of nitrogens with one attached hydrogen (secondary N) is 4. The number of phenols is 2. The molecule has 0 bridgehead atoms. The number of likely N-dealkylation sites (tertiary alicyclic amines) is 1. The van der Waals surface area contributed by atoms with E-state index in [1.807, 2.05) is 13.8 Å². The molecule has 31 nitrogen and oxygen atoms in total. The van der Waals surface area contributed by atoms with Gasteiger partial charge in [0.1, 0.15) is 47.6 Å². The van der Waals surface area contributed by atoms with Gasteiger partial charge in [-0.05, 0) is 67.5 Å². The number of imide groups is 1. The number of morpholine rings is 1. The van der Waals surface area contributed by atoms with Crippen molar-refractivity contribution in [3.63, 3.8) is 0 Å². The lowest BCUT2D eigenvalue weighted by Crippen LogP contribution is -2.55. The number of carbonyl (C=O) groups excluding carboxylic acids is 11. The number of nitrogens with two attached hydrogens (primary N) is 1. The number of rotatable bonds is 30. The molecule has 4 saturated heterocycles. The van der Waals surface area contributed by atoms with Crippen LogP contribution in [0, 0.1) is 5.92 Å². The Hall–Kier alpha value is -8.50. The molecule has 0 spiro atoms. The summed E-state index contributed by atoms with van der Waals surface area (Å²) in [4.78, 5) is 153. The summed E-state index contributed by atoms with van der Waals surface area (Å²) in [6.07, 6.45) is -5.73. The van der Waals surface area contributed by atoms with Crippen LogP contribution in [0.3, 0.4) is 0 Å². The molecule has 1 unspecified atom stereocenters. The summed E-state index contributed by atoms with van der Waals surface area (Å²) in [5.41, 5.74) is 1.80. The van der Waals surface area contributed by atoms with Gasteiger partial charge < -0.3 is 90.0 Å². The first-order chi connectivity index (χ1) is 48.0. The number of hydrogen-bond donors (Lipinski definition) is 8. The van der Waals surface area contributed by atoms with E-state index >= 15 is 0 Å². The van der Waals surface area contributed by atoms with Gasteiger partial charge in [-0.1, -0.05) is 58.4 Å². The van der Waals surface area contributed by atoms with Gasteiger partial charge in [0.05, 0.1) is 47.9 Å². The highest BCUT2D eigenvalue weighted by atomic mass is 32.2. The van der Waals surface area contributed by atoms with Crippen LogP contribution in [0.15, 0.2) is 42.5 Å². The summed E-state index contributed by atoms with van der Waals surface area (Å²) in [6.45, 7) is 8.97. The number of fused-ring (bicyclic) bond motifs is 6. The third-order valence-electron chi connectivity index (χ3n) is 18.8. The lowest BCUT2D eigenvalue weighted by atomic mass is 9.72. The normalized spacial score (nSPS) is 23.5. The zero-order valence-corrected chi connectivity index (χ0v) is 58.9. The number of ether oxygens (including phenoxy) is 8. The summed E-state index contributed by atoms with van der Waals surface area (Å²) in [5.74, 6) is -6.56. The number of benzene rings is 3. The number of amides is 9. The molecule has 4 fully saturated rings. The number of methoxy groups -OCH3 is 2. The zero-order valence-electron chi connectivity index (χ0n) is 58.1. The van der Waals surface area contributed by atoms with Gasteiger partial charge in [0, 0.05) is 114 Å². The Morgan fingerprint density at radius 2 is 1.54 bits per heavy atom. The lowest BCUT2D eigenvalue weighted by molar-refractivity contribution is -0.256. The highest BCUT2D eigenvalue weighted by Gasteiger charge is 2.56. The van der Waals surface area contributed by atoms with Crippen molar-refractivity contribution in [3.8, 4) is 17.2 Å². The molecule has 0 radical (unpaired) electrons. The molecule has 3 aromatic rings. The van der Waals surface area contributed by atoms with E-state index < -0.39 is 150 Å². The number of ketones is 3. The molecular formula is C69H91N9O22S. The number of thioether (sulfide) groups is 1. The van der Waals surface area contributed by atoms with Crippen molar-refractivity contribution in [3.05, 3.63) is 81.4 Å². The highest BCUT2D eigenvalue weighted by molar-refractivity contribution is 8.01.